The van der Waals surface area contributed by atoms with E-state index in [1.807, 2.05) is 31.2 Å². The quantitative estimate of drug-likeness (QED) is 0.834. The van der Waals surface area contributed by atoms with Crippen molar-refractivity contribution in [1.82, 2.24) is 4.98 Å². The highest BCUT2D eigenvalue weighted by molar-refractivity contribution is 7.90. The Morgan fingerprint density at radius 2 is 2.06 bits per heavy atom. The fourth-order valence-corrected chi connectivity index (χ4v) is 2.76. The minimum Gasteiger partial charge on any atom is -0.357 e. The third kappa shape index (κ3) is 2.97. The lowest BCUT2D eigenvalue weighted by molar-refractivity contribution is 0.682. The standard InChI is InChI=1S/C11H10Cl3NOS/c1-7-3-2-4-8-5-9(15-10(7)8)6-17(16)11(12,13)14/h2-5,15H,6H2,1H3. The number of benzene rings is 1. The molecule has 0 aliphatic heterocycles. The minimum atomic E-state index is -1.74. The van der Waals surface area contributed by atoms with Crippen molar-refractivity contribution in [2.75, 3.05) is 0 Å². The molecule has 0 aliphatic rings. The summed E-state index contributed by atoms with van der Waals surface area (Å²) in [7, 11) is -1.56. The van der Waals surface area contributed by atoms with Crippen molar-refractivity contribution >= 4 is 56.5 Å². The van der Waals surface area contributed by atoms with E-state index in [9.17, 15) is 4.21 Å². The Labute approximate surface area is 117 Å². The van der Waals surface area contributed by atoms with Gasteiger partial charge in [0.25, 0.3) is 3.12 Å². The molecule has 0 fully saturated rings. The molecule has 0 saturated heterocycles. The number of alkyl halides is 3. The maximum Gasteiger partial charge on any atom is 0.266 e. The van der Waals surface area contributed by atoms with Crippen LogP contribution in [-0.2, 0) is 16.6 Å². The SMILES string of the molecule is Cc1cccc2cc(CS(=O)C(Cl)(Cl)Cl)[nH]c12. The highest BCUT2D eigenvalue weighted by Gasteiger charge is 2.29. The molecule has 0 aliphatic carbocycles. The van der Waals surface area contributed by atoms with Gasteiger partial charge in [-0.15, -0.1) is 0 Å². The van der Waals surface area contributed by atoms with Crippen LogP contribution in [0.5, 0.6) is 0 Å². The predicted octanol–water partition coefficient (Wildman–Crippen LogP) is 4.05. The second-order valence-corrected chi connectivity index (χ2v) is 8.31. The van der Waals surface area contributed by atoms with Crippen LogP contribution in [-0.4, -0.2) is 12.3 Å². The topological polar surface area (TPSA) is 32.9 Å². The van der Waals surface area contributed by atoms with E-state index in [0.29, 0.717) is 0 Å². The van der Waals surface area contributed by atoms with Crippen molar-refractivity contribution in [3.63, 3.8) is 0 Å². The summed E-state index contributed by atoms with van der Waals surface area (Å²) in [5.41, 5.74) is 2.97. The van der Waals surface area contributed by atoms with Gasteiger partial charge < -0.3 is 4.98 Å². The molecule has 0 spiro atoms. The highest BCUT2D eigenvalue weighted by atomic mass is 35.6. The first-order valence-electron chi connectivity index (χ1n) is 4.90. The van der Waals surface area contributed by atoms with Crippen LogP contribution in [0.25, 0.3) is 10.9 Å². The summed E-state index contributed by atoms with van der Waals surface area (Å²) in [6.07, 6.45) is 0. The summed E-state index contributed by atoms with van der Waals surface area (Å²) >= 11 is 16.7. The van der Waals surface area contributed by atoms with E-state index in [2.05, 4.69) is 4.98 Å². The molecule has 0 saturated carbocycles. The molecule has 0 radical (unpaired) electrons. The summed E-state index contributed by atoms with van der Waals surface area (Å²) in [5, 5.41) is 1.07. The smallest absolute Gasteiger partial charge is 0.266 e. The first-order valence-corrected chi connectivity index (χ1v) is 7.35. The lowest BCUT2D eigenvalue weighted by Crippen LogP contribution is -2.13. The zero-order valence-electron chi connectivity index (χ0n) is 8.97. The zero-order chi connectivity index (χ0) is 12.6. The van der Waals surface area contributed by atoms with Crippen LogP contribution in [0, 0.1) is 6.92 Å². The summed E-state index contributed by atoms with van der Waals surface area (Å²) in [6.45, 7) is 2.01. The normalized spacial score (nSPS) is 14.1. The lowest BCUT2D eigenvalue weighted by atomic mass is 10.2. The van der Waals surface area contributed by atoms with E-state index in [1.165, 1.54) is 0 Å². The number of para-hydroxylation sites is 1. The molecule has 0 bridgehead atoms. The van der Waals surface area contributed by atoms with Crippen molar-refractivity contribution in [1.29, 1.82) is 0 Å². The fourth-order valence-electron chi connectivity index (χ4n) is 1.67. The van der Waals surface area contributed by atoms with E-state index in [-0.39, 0.29) is 5.75 Å². The monoisotopic (exact) mass is 309 g/mol. The number of halogens is 3. The highest BCUT2D eigenvalue weighted by Crippen LogP contribution is 2.32. The molecule has 1 heterocycles. The summed E-state index contributed by atoms with van der Waals surface area (Å²) in [6, 6.07) is 7.90. The van der Waals surface area contributed by atoms with Crippen LogP contribution < -0.4 is 0 Å². The molecular weight excluding hydrogens is 301 g/mol. The Morgan fingerprint density at radius 3 is 2.65 bits per heavy atom. The second-order valence-electron chi connectivity index (χ2n) is 3.77. The van der Waals surface area contributed by atoms with Gasteiger partial charge in [-0.25, -0.2) is 0 Å². The number of aromatic amines is 1. The van der Waals surface area contributed by atoms with Gasteiger partial charge in [-0.1, -0.05) is 53.0 Å². The summed E-state index contributed by atoms with van der Waals surface area (Å²) in [5.74, 6) is 0.199. The number of nitrogens with one attached hydrogen (secondary N) is 1. The maximum atomic E-state index is 11.7. The van der Waals surface area contributed by atoms with Gasteiger partial charge in [-0.3, -0.25) is 4.21 Å². The number of aryl methyl sites for hydroxylation is 1. The van der Waals surface area contributed by atoms with Gasteiger partial charge in [0, 0.05) is 11.2 Å². The van der Waals surface area contributed by atoms with Crippen molar-refractivity contribution in [3.05, 3.63) is 35.5 Å². The average molecular weight is 311 g/mol. The molecule has 2 aromatic rings. The number of fused-ring (bicyclic) bond motifs is 1. The average Bonchev–Trinajstić information content (AvgIpc) is 2.60. The van der Waals surface area contributed by atoms with Gasteiger partial charge in [0.2, 0.25) is 0 Å². The Kier molecular flexibility index (Phi) is 3.74. The Balaban J connectivity index is 2.32. The molecule has 1 aromatic heterocycles. The van der Waals surface area contributed by atoms with Gasteiger partial charge in [-0.2, -0.15) is 0 Å². The largest absolute Gasteiger partial charge is 0.357 e. The Hall–Kier alpha value is -0.220. The number of aromatic nitrogens is 1. The van der Waals surface area contributed by atoms with E-state index in [4.69, 9.17) is 34.8 Å². The predicted molar refractivity (Wildman–Crippen MR) is 75.2 cm³/mol. The van der Waals surface area contributed by atoms with Crippen LogP contribution in [0.1, 0.15) is 11.3 Å². The van der Waals surface area contributed by atoms with Crippen molar-refractivity contribution in [3.8, 4) is 0 Å². The Morgan fingerprint density at radius 1 is 1.35 bits per heavy atom. The first kappa shape index (κ1) is 13.2. The molecule has 0 amide bonds. The third-order valence-electron chi connectivity index (χ3n) is 2.47. The van der Waals surface area contributed by atoms with E-state index in [0.717, 1.165) is 22.2 Å². The maximum absolute atomic E-state index is 11.7. The summed E-state index contributed by atoms with van der Waals surface area (Å²) < 4.78 is 9.95. The van der Waals surface area contributed by atoms with Crippen LogP contribution in [0.15, 0.2) is 24.3 Å². The molecule has 2 nitrogen and oxygen atoms in total. The van der Waals surface area contributed by atoms with Crippen molar-refractivity contribution in [2.24, 2.45) is 0 Å². The van der Waals surface area contributed by atoms with Gasteiger partial charge in [-0.05, 0) is 23.9 Å². The minimum absolute atomic E-state index is 0.199. The van der Waals surface area contributed by atoms with E-state index in [1.54, 1.807) is 0 Å². The van der Waals surface area contributed by atoms with Gasteiger partial charge in [0.05, 0.1) is 16.6 Å². The molecule has 1 atom stereocenters. The Bertz CT molecular complexity index is 574. The molecule has 1 aromatic carbocycles. The van der Waals surface area contributed by atoms with Gasteiger partial charge in [0.15, 0.2) is 0 Å². The molecule has 2 rings (SSSR count). The second kappa shape index (κ2) is 4.81. The fraction of sp³-hybridized carbons (Fsp3) is 0.273. The molecule has 17 heavy (non-hydrogen) atoms. The number of rotatable bonds is 2. The summed E-state index contributed by atoms with van der Waals surface area (Å²) in [4.78, 5) is 3.20. The van der Waals surface area contributed by atoms with Crippen LogP contribution >= 0.6 is 34.8 Å². The third-order valence-corrected chi connectivity index (χ3v) is 5.10. The van der Waals surface area contributed by atoms with E-state index >= 15 is 0 Å². The van der Waals surface area contributed by atoms with Crippen LogP contribution in [0.3, 0.4) is 0 Å². The molecule has 1 unspecified atom stereocenters. The van der Waals surface area contributed by atoms with Gasteiger partial charge >= 0.3 is 0 Å². The van der Waals surface area contributed by atoms with Crippen LogP contribution in [0.2, 0.25) is 0 Å². The molecule has 92 valence electrons. The van der Waals surface area contributed by atoms with Crippen molar-refractivity contribution < 1.29 is 4.21 Å². The lowest BCUT2D eigenvalue weighted by Gasteiger charge is -2.08. The molecule has 1 N–H and O–H groups in total. The van der Waals surface area contributed by atoms with Crippen molar-refractivity contribution in [2.45, 2.75) is 15.8 Å². The van der Waals surface area contributed by atoms with Gasteiger partial charge in [0.1, 0.15) is 0 Å². The zero-order valence-corrected chi connectivity index (χ0v) is 12.1. The number of hydrogen-bond donors (Lipinski definition) is 1. The van der Waals surface area contributed by atoms with E-state index < -0.39 is 13.9 Å². The molecular formula is C11H10Cl3NOS. The first-order chi connectivity index (χ1) is 7.88. The molecule has 6 heteroatoms. The van der Waals surface area contributed by atoms with Crippen LogP contribution in [0.4, 0.5) is 0 Å². The number of hydrogen-bond acceptors (Lipinski definition) is 1. The number of H-pyrrole nitrogens is 1.